The topological polar surface area (TPSA) is 49.7 Å². The van der Waals surface area contributed by atoms with Gasteiger partial charge in [0.05, 0.1) is 12.1 Å². The number of nitrogens with zero attached hydrogens (tertiary/aromatic N) is 1. The number of ether oxygens (including phenoxy) is 1. The molecule has 2 aliphatic rings. The second-order valence-corrected chi connectivity index (χ2v) is 7.34. The van der Waals surface area contributed by atoms with Crippen LogP contribution in [-0.2, 0) is 4.74 Å². The summed E-state index contributed by atoms with van der Waals surface area (Å²) in [7, 11) is 0. The molecule has 25 heavy (non-hydrogen) atoms. The van der Waals surface area contributed by atoms with Crippen molar-refractivity contribution in [1.29, 1.82) is 0 Å². The summed E-state index contributed by atoms with van der Waals surface area (Å²) < 4.78 is 12.1. The molecule has 2 aliphatic heterocycles. The fourth-order valence-electron chi connectivity index (χ4n) is 4.10. The number of fused-ring (bicyclic) bond motifs is 1. The van der Waals surface area contributed by atoms with Gasteiger partial charge in [-0.2, -0.15) is 0 Å². The Bertz CT molecular complexity index is 653. The van der Waals surface area contributed by atoms with Gasteiger partial charge >= 0.3 is 0 Å². The zero-order valence-corrected chi connectivity index (χ0v) is 15.0. The Hall–Kier alpha value is -1.40. The number of hydrazine groups is 1. The highest BCUT2D eigenvalue weighted by atomic mass is 16.5. The molecule has 5 nitrogen and oxygen atoms in total. The van der Waals surface area contributed by atoms with Crippen LogP contribution in [0.15, 0.2) is 34.7 Å². The third kappa shape index (κ3) is 3.90. The van der Waals surface area contributed by atoms with Crippen molar-refractivity contribution < 1.29 is 9.15 Å². The number of nitrogens with one attached hydrogen (secondary N) is 2. The molecule has 5 heteroatoms. The Kier molecular flexibility index (Phi) is 5.36. The zero-order valence-electron chi connectivity index (χ0n) is 15.0. The summed E-state index contributed by atoms with van der Waals surface area (Å²) >= 11 is 0. The summed E-state index contributed by atoms with van der Waals surface area (Å²) in [6, 6.07) is 10.6. The van der Waals surface area contributed by atoms with Crippen molar-refractivity contribution in [2.75, 3.05) is 32.8 Å². The van der Waals surface area contributed by atoms with Crippen molar-refractivity contribution in [2.45, 2.75) is 38.3 Å². The lowest BCUT2D eigenvalue weighted by Crippen LogP contribution is -2.43. The number of para-hydroxylation sites is 1. The number of rotatable bonds is 6. The minimum Gasteiger partial charge on any atom is -0.459 e. The second-order valence-electron chi connectivity index (χ2n) is 7.34. The van der Waals surface area contributed by atoms with Gasteiger partial charge in [0, 0.05) is 37.5 Å². The van der Waals surface area contributed by atoms with Gasteiger partial charge in [0.15, 0.2) is 0 Å². The molecule has 1 aromatic heterocycles. The highest BCUT2D eigenvalue weighted by Crippen LogP contribution is 2.31. The molecule has 0 saturated carbocycles. The Labute approximate surface area is 149 Å². The molecule has 2 fully saturated rings. The van der Waals surface area contributed by atoms with Gasteiger partial charge in [-0.1, -0.05) is 25.1 Å². The Balaban J connectivity index is 1.41. The smallest absolute Gasteiger partial charge is 0.134 e. The minimum atomic E-state index is 0.226. The van der Waals surface area contributed by atoms with Crippen molar-refractivity contribution in [3.63, 3.8) is 0 Å². The van der Waals surface area contributed by atoms with Gasteiger partial charge in [-0.05, 0) is 37.9 Å². The molecule has 2 aromatic rings. The molecule has 0 amide bonds. The van der Waals surface area contributed by atoms with Gasteiger partial charge in [-0.3, -0.25) is 5.43 Å². The van der Waals surface area contributed by atoms with E-state index >= 15 is 0 Å². The number of benzene rings is 1. The average Bonchev–Trinajstić information content (AvgIpc) is 3.26. The first-order chi connectivity index (χ1) is 12.3. The lowest BCUT2D eigenvalue weighted by molar-refractivity contribution is -0.00409. The zero-order chi connectivity index (χ0) is 17.1. The van der Waals surface area contributed by atoms with Crippen LogP contribution in [0.3, 0.4) is 0 Å². The van der Waals surface area contributed by atoms with E-state index in [1.807, 2.05) is 12.1 Å². The van der Waals surface area contributed by atoms with Crippen molar-refractivity contribution >= 4 is 11.0 Å². The van der Waals surface area contributed by atoms with Crippen LogP contribution in [0.2, 0.25) is 0 Å². The van der Waals surface area contributed by atoms with E-state index in [-0.39, 0.29) is 6.04 Å². The van der Waals surface area contributed by atoms with Crippen LogP contribution < -0.4 is 10.9 Å². The Morgan fingerprint density at radius 2 is 2.24 bits per heavy atom. The molecular weight excluding hydrogens is 314 g/mol. The summed E-state index contributed by atoms with van der Waals surface area (Å²) in [5.41, 5.74) is 7.72. The largest absolute Gasteiger partial charge is 0.459 e. The highest BCUT2D eigenvalue weighted by molar-refractivity contribution is 5.77. The number of hydrogen-bond donors (Lipinski definition) is 2. The van der Waals surface area contributed by atoms with Gasteiger partial charge < -0.3 is 14.1 Å². The number of piperidine rings is 1. The summed E-state index contributed by atoms with van der Waals surface area (Å²) in [4.78, 5) is 2.57. The van der Waals surface area contributed by atoms with Crippen LogP contribution in [0.5, 0.6) is 0 Å². The monoisotopic (exact) mass is 343 g/mol. The van der Waals surface area contributed by atoms with E-state index in [4.69, 9.17) is 9.15 Å². The molecule has 4 rings (SSSR count). The van der Waals surface area contributed by atoms with Crippen molar-refractivity contribution in [1.82, 2.24) is 15.8 Å². The molecule has 3 atom stereocenters. The van der Waals surface area contributed by atoms with E-state index in [0.717, 1.165) is 44.0 Å². The number of hydrogen-bond acceptors (Lipinski definition) is 5. The van der Waals surface area contributed by atoms with Gasteiger partial charge in [0.1, 0.15) is 11.3 Å². The van der Waals surface area contributed by atoms with E-state index in [1.165, 1.54) is 24.8 Å². The summed E-state index contributed by atoms with van der Waals surface area (Å²) in [6.07, 6.45) is 3.93. The maximum atomic E-state index is 6.10. The van der Waals surface area contributed by atoms with Gasteiger partial charge in [0.25, 0.3) is 0 Å². The Morgan fingerprint density at radius 1 is 1.32 bits per heavy atom. The normalized spacial score (nSPS) is 28.0. The van der Waals surface area contributed by atoms with Crippen molar-refractivity contribution in [2.24, 2.45) is 5.92 Å². The first kappa shape index (κ1) is 17.0. The highest BCUT2D eigenvalue weighted by Gasteiger charge is 2.33. The van der Waals surface area contributed by atoms with Gasteiger partial charge in [-0.25, -0.2) is 5.43 Å². The van der Waals surface area contributed by atoms with E-state index in [9.17, 15) is 0 Å². The first-order valence-electron chi connectivity index (χ1n) is 9.64. The minimum absolute atomic E-state index is 0.226. The number of furan rings is 1. The Morgan fingerprint density at radius 3 is 3.12 bits per heavy atom. The first-order valence-corrected chi connectivity index (χ1v) is 9.64. The molecule has 1 aromatic carbocycles. The molecular formula is C20H29N3O2. The van der Waals surface area contributed by atoms with Crippen LogP contribution in [0.25, 0.3) is 11.0 Å². The lowest BCUT2D eigenvalue weighted by Gasteiger charge is -2.34. The number of likely N-dealkylation sites (tertiary alicyclic amines) is 1. The average molecular weight is 343 g/mol. The predicted octanol–water partition coefficient (Wildman–Crippen LogP) is 3.09. The van der Waals surface area contributed by atoms with Crippen molar-refractivity contribution in [3.8, 4) is 0 Å². The maximum Gasteiger partial charge on any atom is 0.134 e. The molecule has 2 N–H and O–H groups in total. The molecule has 3 heterocycles. The second kappa shape index (κ2) is 7.87. The van der Waals surface area contributed by atoms with E-state index in [2.05, 4.69) is 40.9 Å². The van der Waals surface area contributed by atoms with E-state index in [0.29, 0.717) is 12.0 Å². The van der Waals surface area contributed by atoms with Gasteiger partial charge in [-0.15, -0.1) is 0 Å². The molecule has 0 radical (unpaired) electrons. The molecule has 0 aliphatic carbocycles. The van der Waals surface area contributed by atoms with Crippen LogP contribution in [-0.4, -0.2) is 43.8 Å². The molecule has 3 unspecified atom stereocenters. The maximum absolute atomic E-state index is 6.10. The van der Waals surface area contributed by atoms with Crippen LogP contribution in [0.4, 0.5) is 0 Å². The SMILES string of the molecule is CCCOC1CCCN(CC2CNNC2c2cc3ccccc3o2)C1. The third-order valence-electron chi connectivity index (χ3n) is 5.36. The van der Waals surface area contributed by atoms with E-state index in [1.54, 1.807) is 0 Å². The molecule has 0 spiro atoms. The van der Waals surface area contributed by atoms with Gasteiger partial charge in [0.2, 0.25) is 0 Å². The van der Waals surface area contributed by atoms with Crippen LogP contribution >= 0.6 is 0 Å². The van der Waals surface area contributed by atoms with Crippen molar-refractivity contribution in [3.05, 3.63) is 36.1 Å². The summed E-state index contributed by atoms with van der Waals surface area (Å²) in [5.74, 6) is 1.54. The molecule has 2 saturated heterocycles. The molecule has 136 valence electrons. The lowest BCUT2D eigenvalue weighted by atomic mass is 9.97. The fourth-order valence-corrected chi connectivity index (χ4v) is 4.10. The summed E-state index contributed by atoms with van der Waals surface area (Å²) in [5, 5.41) is 1.18. The van der Waals surface area contributed by atoms with Crippen LogP contribution in [0, 0.1) is 5.92 Å². The fraction of sp³-hybridized carbons (Fsp3) is 0.600. The molecule has 0 bridgehead atoms. The third-order valence-corrected chi connectivity index (χ3v) is 5.36. The van der Waals surface area contributed by atoms with E-state index < -0.39 is 0 Å². The van der Waals surface area contributed by atoms with Crippen LogP contribution in [0.1, 0.15) is 38.0 Å². The predicted molar refractivity (Wildman–Crippen MR) is 99.3 cm³/mol. The quantitative estimate of drug-likeness (QED) is 0.844. The standard InChI is InChI=1S/C20H29N3O2/c1-2-10-24-17-7-5-9-23(14-17)13-16-12-21-22-20(16)19-11-15-6-3-4-8-18(15)25-19/h3-4,6,8,11,16-17,20-22H,2,5,7,9-10,12-14H2,1H3. The summed E-state index contributed by atoms with van der Waals surface area (Å²) in [6.45, 7) is 7.34.